The molecule has 0 amide bonds. The van der Waals surface area contributed by atoms with E-state index in [1.807, 2.05) is 27.7 Å². The molecule has 22 heavy (non-hydrogen) atoms. The van der Waals surface area contributed by atoms with E-state index >= 15 is 0 Å². The van der Waals surface area contributed by atoms with Gasteiger partial charge in [0, 0.05) is 13.1 Å². The highest BCUT2D eigenvalue weighted by Gasteiger charge is 2.21. The predicted molar refractivity (Wildman–Crippen MR) is 105 cm³/mol. The molecule has 0 bridgehead atoms. The van der Waals surface area contributed by atoms with E-state index in [0.29, 0.717) is 0 Å². The number of thioether (sulfide) groups is 1. The summed E-state index contributed by atoms with van der Waals surface area (Å²) < 4.78 is 0. The van der Waals surface area contributed by atoms with E-state index in [2.05, 4.69) is 54.8 Å². The van der Waals surface area contributed by atoms with Crippen LogP contribution in [0.2, 0.25) is 0 Å². The first-order valence-electron chi connectivity index (χ1n) is 9.19. The molecule has 1 nitrogen and oxygen atoms in total. The molecular formula is C20H37NS. The van der Waals surface area contributed by atoms with E-state index in [1.54, 1.807) is 0 Å². The first-order valence-corrected chi connectivity index (χ1v) is 10.3. The summed E-state index contributed by atoms with van der Waals surface area (Å²) in [5.74, 6) is 3.53. The van der Waals surface area contributed by atoms with Gasteiger partial charge in [-0.15, -0.1) is 0 Å². The number of rotatable bonds is 6. The summed E-state index contributed by atoms with van der Waals surface area (Å²) in [6, 6.07) is 9.14. The molecule has 1 aliphatic heterocycles. The maximum absolute atomic E-state index is 2.61. The van der Waals surface area contributed by atoms with Crippen LogP contribution in [0.1, 0.15) is 59.1 Å². The van der Waals surface area contributed by atoms with Crippen molar-refractivity contribution in [3.05, 3.63) is 35.4 Å². The van der Waals surface area contributed by atoms with Gasteiger partial charge in [0.2, 0.25) is 0 Å². The third kappa shape index (κ3) is 8.24. The highest BCUT2D eigenvalue weighted by atomic mass is 32.2. The van der Waals surface area contributed by atoms with Gasteiger partial charge in [-0.2, -0.15) is 11.8 Å². The monoisotopic (exact) mass is 323 g/mol. The summed E-state index contributed by atoms with van der Waals surface area (Å²) >= 11 is 2.09. The summed E-state index contributed by atoms with van der Waals surface area (Å²) in [6.07, 6.45) is 2.53. The molecule has 2 rings (SSSR count). The second-order valence-corrected chi connectivity index (χ2v) is 6.54. The van der Waals surface area contributed by atoms with Crippen molar-refractivity contribution in [3.8, 4) is 0 Å². The zero-order valence-corrected chi connectivity index (χ0v) is 16.5. The van der Waals surface area contributed by atoms with Crippen LogP contribution in [0, 0.1) is 5.92 Å². The van der Waals surface area contributed by atoms with Crippen molar-refractivity contribution in [1.82, 2.24) is 4.90 Å². The van der Waals surface area contributed by atoms with Crippen molar-refractivity contribution in [2.24, 2.45) is 5.92 Å². The highest BCUT2D eigenvalue weighted by Crippen LogP contribution is 2.22. The maximum atomic E-state index is 2.61. The van der Waals surface area contributed by atoms with E-state index in [1.165, 1.54) is 42.1 Å². The number of likely N-dealkylation sites (tertiary alicyclic amines) is 1. The minimum absolute atomic E-state index is 0.921. The van der Waals surface area contributed by atoms with Crippen molar-refractivity contribution < 1.29 is 0 Å². The molecule has 0 aliphatic carbocycles. The summed E-state index contributed by atoms with van der Waals surface area (Å²) in [5.41, 5.74) is 2.91. The minimum Gasteiger partial charge on any atom is -0.299 e. The Hall–Kier alpha value is -0.470. The number of aryl methyl sites for hydroxylation is 1. The number of benzene rings is 1. The van der Waals surface area contributed by atoms with Crippen molar-refractivity contribution >= 4 is 11.8 Å². The average molecular weight is 324 g/mol. The molecule has 128 valence electrons. The fraction of sp³-hybridized carbons (Fsp3) is 0.700. The third-order valence-electron chi connectivity index (χ3n) is 3.77. The minimum atomic E-state index is 0.921. The molecule has 1 aromatic carbocycles. The molecule has 1 aliphatic rings. The van der Waals surface area contributed by atoms with Gasteiger partial charge in [0.05, 0.1) is 0 Å². The van der Waals surface area contributed by atoms with Gasteiger partial charge in [0.1, 0.15) is 0 Å². The van der Waals surface area contributed by atoms with Gasteiger partial charge in [-0.3, -0.25) is 4.90 Å². The van der Waals surface area contributed by atoms with E-state index in [-0.39, 0.29) is 0 Å². The quantitative estimate of drug-likeness (QED) is 0.643. The Morgan fingerprint density at radius 2 is 1.59 bits per heavy atom. The Morgan fingerprint density at radius 1 is 1.00 bits per heavy atom. The van der Waals surface area contributed by atoms with Crippen molar-refractivity contribution in [1.29, 1.82) is 0 Å². The summed E-state index contributed by atoms with van der Waals surface area (Å²) in [7, 11) is 0. The standard InChI is InChI=1S/C16H25NS.2C2H6/c1-3-14-5-7-15(8-6-14)11-17-10-9-16(12-17)13-18-4-2;2*1-2/h5-8,16H,3-4,9-13H2,1-2H3;2*1-2H3. The molecule has 1 heterocycles. The van der Waals surface area contributed by atoms with Gasteiger partial charge >= 0.3 is 0 Å². The van der Waals surface area contributed by atoms with E-state index in [9.17, 15) is 0 Å². The molecule has 0 aromatic heterocycles. The van der Waals surface area contributed by atoms with Gasteiger partial charge in [0.15, 0.2) is 0 Å². The van der Waals surface area contributed by atoms with Crippen molar-refractivity contribution in [2.45, 2.75) is 60.9 Å². The second kappa shape index (κ2) is 14.1. The lowest BCUT2D eigenvalue weighted by molar-refractivity contribution is 0.321. The summed E-state index contributed by atoms with van der Waals surface area (Å²) in [4.78, 5) is 2.61. The van der Waals surface area contributed by atoms with E-state index < -0.39 is 0 Å². The predicted octanol–water partition coefficient (Wildman–Crippen LogP) is 5.88. The zero-order valence-electron chi connectivity index (χ0n) is 15.7. The first-order chi connectivity index (χ1) is 10.8. The number of hydrogen-bond donors (Lipinski definition) is 0. The first kappa shape index (κ1) is 21.5. The van der Waals surface area contributed by atoms with Gasteiger partial charge in [-0.05, 0) is 47.9 Å². The molecular weight excluding hydrogens is 286 g/mol. The highest BCUT2D eigenvalue weighted by molar-refractivity contribution is 7.99. The number of nitrogens with zero attached hydrogens (tertiary/aromatic N) is 1. The summed E-state index contributed by atoms with van der Waals surface area (Å²) in [5, 5.41) is 0. The van der Waals surface area contributed by atoms with Crippen LogP contribution in [0.5, 0.6) is 0 Å². The van der Waals surface area contributed by atoms with Gasteiger partial charge < -0.3 is 0 Å². The Labute approximate surface area is 143 Å². The lowest BCUT2D eigenvalue weighted by atomic mass is 10.1. The normalized spacial score (nSPS) is 17.3. The van der Waals surface area contributed by atoms with Crippen LogP contribution in [-0.4, -0.2) is 29.5 Å². The van der Waals surface area contributed by atoms with E-state index in [0.717, 1.165) is 18.9 Å². The van der Waals surface area contributed by atoms with Gasteiger partial charge in [0.25, 0.3) is 0 Å². The lowest BCUT2D eigenvalue weighted by Crippen LogP contribution is -2.20. The molecule has 1 saturated heterocycles. The average Bonchev–Trinajstić information content (AvgIpc) is 3.04. The number of hydrogen-bond acceptors (Lipinski definition) is 2. The van der Waals surface area contributed by atoms with Crippen LogP contribution in [0.15, 0.2) is 24.3 Å². The van der Waals surface area contributed by atoms with Crippen LogP contribution < -0.4 is 0 Å². The van der Waals surface area contributed by atoms with Crippen molar-refractivity contribution in [3.63, 3.8) is 0 Å². The molecule has 1 unspecified atom stereocenters. The SMILES string of the molecule is CC.CC.CCSCC1CCN(Cc2ccc(CC)cc2)C1. The van der Waals surface area contributed by atoms with Crippen LogP contribution in [0.4, 0.5) is 0 Å². The fourth-order valence-corrected chi connectivity index (χ4v) is 3.46. The maximum Gasteiger partial charge on any atom is 0.0233 e. The third-order valence-corrected chi connectivity index (χ3v) is 4.88. The Bertz CT molecular complexity index is 347. The Morgan fingerprint density at radius 3 is 2.14 bits per heavy atom. The zero-order chi connectivity index (χ0) is 16.8. The fourth-order valence-electron chi connectivity index (χ4n) is 2.62. The Balaban J connectivity index is 0.00000102. The smallest absolute Gasteiger partial charge is 0.0233 e. The molecule has 0 N–H and O–H groups in total. The molecule has 2 heteroatoms. The topological polar surface area (TPSA) is 3.24 Å². The van der Waals surface area contributed by atoms with Crippen LogP contribution in [0.25, 0.3) is 0 Å². The molecule has 0 spiro atoms. The molecule has 0 radical (unpaired) electrons. The second-order valence-electron chi connectivity index (χ2n) is 5.22. The molecule has 1 atom stereocenters. The van der Waals surface area contributed by atoms with Crippen LogP contribution >= 0.6 is 11.8 Å². The van der Waals surface area contributed by atoms with Gasteiger partial charge in [-0.25, -0.2) is 0 Å². The van der Waals surface area contributed by atoms with Crippen LogP contribution in [0.3, 0.4) is 0 Å². The summed E-state index contributed by atoms with van der Waals surface area (Å²) in [6.45, 7) is 16.2. The molecule has 0 saturated carbocycles. The lowest BCUT2D eigenvalue weighted by Gasteiger charge is -2.16. The largest absolute Gasteiger partial charge is 0.299 e. The van der Waals surface area contributed by atoms with Crippen molar-refractivity contribution in [2.75, 3.05) is 24.6 Å². The van der Waals surface area contributed by atoms with Gasteiger partial charge in [-0.1, -0.05) is 65.8 Å². The van der Waals surface area contributed by atoms with E-state index in [4.69, 9.17) is 0 Å². The molecule has 1 aromatic rings. The van der Waals surface area contributed by atoms with Crippen LogP contribution in [-0.2, 0) is 13.0 Å². The Kier molecular flexibility index (Phi) is 13.8. The molecule has 1 fully saturated rings.